The Kier molecular flexibility index (Phi) is 4.90. The van der Waals surface area contributed by atoms with Crippen molar-refractivity contribution in [1.82, 2.24) is 20.1 Å². The fourth-order valence-corrected chi connectivity index (χ4v) is 3.20. The fraction of sp³-hybridized carbons (Fsp3) is 0.235. The van der Waals surface area contributed by atoms with Gasteiger partial charge in [0.05, 0.1) is 13.7 Å². The number of methoxy groups -OCH3 is 1. The van der Waals surface area contributed by atoms with Crippen LogP contribution in [0.15, 0.2) is 49.1 Å². The standard InChI is InChI=1S/C17H18N4O2S/c1-12(21-11-18-10-20-21)17(22)19-9-15-7-8-16(24-15)13-3-5-14(23-2)6-4-13/h3-8,10-12H,9H2,1-2H3,(H,19,22)/t12-/m0/s1. The summed E-state index contributed by atoms with van der Waals surface area (Å²) in [4.78, 5) is 18.3. The Hall–Kier alpha value is -2.67. The molecular formula is C17H18N4O2S. The number of nitrogens with one attached hydrogen (secondary N) is 1. The normalized spacial score (nSPS) is 11.9. The molecule has 0 aliphatic rings. The third-order valence-electron chi connectivity index (χ3n) is 3.69. The zero-order chi connectivity index (χ0) is 16.9. The molecule has 24 heavy (non-hydrogen) atoms. The predicted octanol–water partition coefficient (Wildman–Crippen LogP) is 2.89. The van der Waals surface area contributed by atoms with Crippen LogP contribution in [0.3, 0.4) is 0 Å². The largest absolute Gasteiger partial charge is 0.497 e. The summed E-state index contributed by atoms with van der Waals surface area (Å²) in [6.07, 6.45) is 2.96. The summed E-state index contributed by atoms with van der Waals surface area (Å²) in [6, 6.07) is 11.7. The van der Waals surface area contributed by atoms with Gasteiger partial charge in [-0.2, -0.15) is 5.10 Å². The molecule has 124 valence electrons. The molecule has 1 aromatic carbocycles. The number of benzene rings is 1. The molecule has 2 heterocycles. The van der Waals surface area contributed by atoms with Crippen LogP contribution < -0.4 is 10.1 Å². The Morgan fingerprint density at radius 2 is 2.08 bits per heavy atom. The molecule has 0 aliphatic carbocycles. The van der Waals surface area contributed by atoms with Crippen LogP contribution >= 0.6 is 11.3 Å². The molecule has 7 heteroatoms. The van der Waals surface area contributed by atoms with E-state index in [2.05, 4.69) is 21.5 Å². The third kappa shape index (κ3) is 3.62. The van der Waals surface area contributed by atoms with Gasteiger partial charge >= 0.3 is 0 Å². The smallest absolute Gasteiger partial charge is 0.244 e. The first-order valence-corrected chi connectivity index (χ1v) is 8.34. The molecule has 6 nitrogen and oxygen atoms in total. The van der Waals surface area contributed by atoms with E-state index in [0.29, 0.717) is 6.54 Å². The van der Waals surface area contributed by atoms with Crippen LogP contribution in [0.4, 0.5) is 0 Å². The van der Waals surface area contributed by atoms with Crippen LogP contribution in [0.25, 0.3) is 10.4 Å². The first kappa shape index (κ1) is 16.2. The highest BCUT2D eigenvalue weighted by Crippen LogP contribution is 2.29. The molecule has 2 aromatic heterocycles. The second-order valence-corrected chi connectivity index (χ2v) is 6.43. The quantitative estimate of drug-likeness (QED) is 0.748. The van der Waals surface area contributed by atoms with E-state index in [0.717, 1.165) is 21.1 Å². The second-order valence-electron chi connectivity index (χ2n) is 5.26. The summed E-state index contributed by atoms with van der Waals surface area (Å²) in [5, 5.41) is 6.92. The van der Waals surface area contributed by atoms with Crippen molar-refractivity contribution in [2.24, 2.45) is 0 Å². The number of hydrogen-bond donors (Lipinski definition) is 1. The molecular weight excluding hydrogens is 324 g/mol. The van der Waals surface area contributed by atoms with Gasteiger partial charge in [0.1, 0.15) is 24.4 Å². The van der Waals surface area contributed by atoms with Crippen LogP contribution in [0.1, 0.15) is 17.8 Å². The SMILES string of the molecule is COc1ccc(-c2ccc(CNC(=O)[C@H](C)n3cncn3)s2)cc1. The molecule has 1 atom stereocenters. The molecule has 0 spiro atoms. The molecule has 0 saturated carbocycles. The Balaban J connectivity index is 1.60. The summed E-state index contributed by atoms with van der Waals surface area (Å²) >= 11 is 1.66. The van der Waals surface area contributed by atoms with E-state index < -0.39 is 0 Å². The number of thiophene rings is 1. The minimum absolute atomic E-state index is 0.0834. The summed E-state index contributed by atoms with van der Waals surface area (Å²) < 4.78 is 6.71. The van der Waals surface area contributed by atoms with Crippen molar-refractivity contribution < 1.29 is 9.53 Å². The molecule has 0 saturated heterocycles. The van der Waals surface area contributed by atoms with Gasteiger partial charge in [-0.25, -0.2) is 9.67 Å². The number of ether oxygens (including phenoxy) is 1. The van der Waals surface area contributed by atoms with Gasteiger partial charge in [-0.3, -0.25) is 4.79 Å². The highest BCUT2D eigenvalue weighted by molar-refractivity contribution is 7.15. The fourth-order valence-electron chi connectivity index (χ4n) is 2.24. The van der Waals surface area contributed by atoms with Crippen molar-refractivity contribution in [1.29, 1.82) is 0 Å². The van der Waals surface area contributed by atoms with Gasteiger partial charge in [-0.15, -0.1) is 11.3 Å². The zero-order valence-corrected chi connectivity index (χ0v) is 14.3. The second kappa shape index (κ2) is 7.27. The average molecular weight is 342 g/mol. The van der Waals surface area contributed by atoms with Crippen LogP contribution in [0, 0.1) is 0 Å². The van der Waals surface area contributed by atoms with Crippen molar-refractivity contribution in [2.45, 2.75) is 19.5 Å². The van der Waals surface area contributed by atoms with Crippen molar-refractivity contribution in [3.8, 4) is 16.2 Å². The first-order valence-electron chi connectivity index (χ1n) is 7.52. The Morgan fingerprint density at radius 1 is 1.29 bits per heavy atom. The van der Waals surface area contributed by atoms with E-state index in [4.69, 9.17) is 4.74 Å². The maximum atomic E-state index is 12.2. The lowest BCUT2D eigenvalue weighted by molar-refractivity contribution is -0.124. The van der Waals surface area contributed by atoms with Gasteiger partial charge in [-0.05, 0) is 48.9 Å². The van der Waals surface area contributed by atoms with E-state index in [1.807, 2.05) is 30.3 Å². The Labute approximate surface area is 144 Å². The highest BCUT2D eigenvalue weighted by atomic mass is 32.1. The summed E-state index contributed by atoms with van der Waals surface area (Å²) in [5.41, 5.74) is 1.13. The maximum absolute atomic E-state index is 12.2. The topological polar surface area (TPSA) is 69.0 Å². The molecule has 1 N–H and O–H groups in total. The van der Waals surface area contributed by atoms with Crippen molar-refractivity contribution in [3.63, 3.8) is 0 Å². The Bertz CT molecular complexity index is 796. The van der Waals surface area contributed by atoms with Crippen LogP contribution in [0.2, 0.25) is 0 Å². The van der Waals surface area contributed by atoms with Crippen LogP contribution in [-0.4, -0.2) is 27.8 Å². The lowest BCUT2D eigenvalue weighted by Crippen LogP contribution is -2.30. The van der Waals surface area contributed by atoms with Crippen molar-refractivity contribution >= 4 is 17.2 Å². The zero-order valence-electron chi connectivity index (χ0n) is 13.5. The number of carbonyl (C=O) groups is 1. The molecule has 3 rings (SSSR count). The molecule has 0 bridgehead atoms. The lowest BCUT2D eigenvalue weighted by Gasteiger charge is -2.11. The van der Waals surface area contributed by atoms with Gasteiger partial charge in [0.25, 0.3) is 0 Å². The van der Waals surface area contributed by atoms with Gasteiger partial charge in [-0.1, -0.05) is 0 Å². The average Bonchev–Trinajstić information content (AvgIpc) is 3.31. The van der Waals surface area contributed by atoms with E-state index in [-0.39, 0.29) is 11.9 Å². The number of carbonyl (C=O) groups excluding carboxylic acids is 1. The van der Waals surface area contributed by atoms with E-state index in [9.17, 15) is 4.79 Å². The van der Waals surface area contributed by atoms with Gasteiger partial charge in [0.2, 0.25) is 5.91 Å². The third-order valence-corrected chi connectivity index (χ3v) is 4.82. The van der Waals surface area contributed by atoms with Crippen LogP contribution in [-0.2, 0) is 11.3 Å². The number of aromatic nitrogens is 3. The van der Waals surface area contributed by atoms with E-state index in [1.54, 1.807) is 25.4 Å². The molecule has 0 fully saturated rings. The molecule has 0 radical (unpaired) electrons. The summed E-state index contributed by atoms with van der Waals surface area (Å²) in [6.45, 7) is 2.29. The highest BCUT2D eigenvalue weighted by Gasteiger charge is 2.15. The maximum Gasteiger partial charge on any atom is 0.244 e. The van der Waals surface area contributed by atoms with Crippen molar-refractivity contribution in [2.75, 3.05) is 7.11 Å². The number of hydrogen-bond acceptors (Lipinski definition) is 5. The van der Waals surface area contributed by atoms with Gasteiger partial charge < -0.3 is 10.1 Å². The summed E-state index contributed by atoms with van der Waals surface area (Å²) in [5.74, 6) is 0.754. The van der Waals surface area contributed by atoms with Gasteiger partial charge in [0, 0.05) is 9.75 Å². The molecule has 0 unspecified atom stereocenters. The number of rotatable bonds is 6. The van der Waals surface area contributed by atoms with Gasteiger partial charge in [0.15, 0.2) is 0 Å². The number of nitrogens with zero attached hydrogens (tertiary/aromatic N) is 3. The minimum atomic E-state index is -0.381. The monoisotopic (exact) mass is 342 g/mol. The predicted molar refractivity (Wildman–Crippen MR) is 92.9 cm³/mol. The molecule has 0 aliphatic heterocycles. The number of amides is 1. The molecule has 1 amide bonds. The van der Waals surface area contributed by atoms with E-state index >= 15 is 0 Å². The summed E-state index contributed by atoms with van der Waals surface area (Å²) in [7, 11) is 1.65. The Morgan fingerprint density at radius 3 is 2.75 bits per heavy atom. The lowest BCUT2D eigenvalue weighted by atomic mass is 10.2. The first-order chi connectivity index (χ1) is 11.7. The van der Waals surface area contributed by atoms with Crippen molar-refractivity contribution in [3.05, 3.63) is 53.9 Å². The molecule has 3 aromatic rings. The minimum Gasteiger partial charge on any atom is -0.497 e. The van der Waals surface area contributed by atoms with E-state index in [1.165, 1.54) is 17.3 Å². The van der Waals surface area contributed by atoms with Crippen LogP contribution in [0.5, 0.6) is 5.75 Å².